The monoisotopic (exact) mass is 239 g/mol. The average molecular weight is 239 g/mol. The van der Waals surface area contributed by atoms with E-state index in [1.165, 1.54) is 25.7 Å². The van der Waals surface area contributed by atoms with E-state index in [-0.39, 0.29) is 6.10 Å². The maximum atomic E-state index is 9.87. The smallest absolute Gasteiger partial charge is 0.223 e. The van der Waals surface area contributed by atoms with Crippen molar-refractivity contribution in [2.45, 2.75) is 51.7 Å². The predicted octanol–water partition coefficient (Wildman–Crippen LogP) is 1.41. The first-order valence-electron chi connectivity index (χ1n) is 6.42. The van der Waals surface area contributed by atoms with E-state index in [0.29, 0.717) is 24.8 Å². The van der Waals surface area contributed by atoms with Gasteiger partial charge in [0.1, 0.15) is 0 Å². The lowest BCUT2D eigenvalue weighted by Gasteiger charge is -2.15. The number of nitrogens with zero attached hydrogens (tertiary/aromatic N) is 2. The molecule has 1 fully saturated rings. The van der Waals surface area contributed by atoms with Gasteiger partial charge >= 0.3 is 0 Å². The van der Waals surface area contributed by atoms with Crippen molar-refractivity contribution in [1.82, 2.24) is 15.5 Å². The second-order valence-electron chi connectivity index (χ2n) is 4.90. The molecule has 1 unspecified atom stereocenters. The normalized spacial score (nSPS) is 18.7. The minimum atomic E-state index is -0.258. The van der Waals surface area contributed by atoms with Crippen LogP contribution in [0, 0.1) is 12.8 Å². The second-order valence-corrected chi connectivity index (χ2v) is 4.90. The molecule has 1 atom stereocenters. The number of nitrogens with one attached hydrogen (secondary N) is 1. The van der Waals surface area contributed by atoms with E-state index >= 15 is 0 Å². The molecule has 0 amide bonds. The van der Waals surface area contributed by atoms with Crippen molar-refractivity contribution in [2.24, 2.45) is 5.92 Å². The fourth-order valence-corrected chi connectivity index (χ4v) is 2.48. The van der Waals surface area contributed by atoms with Crippen LogP contribution in [0.1, 0.15) is 43.8 Å². The van der Waals surface area contributed by atoms with Crippen LogP contribution in [0.2, 0.25) is 0 Å². The van der Waals surface area contributed by atoms with Gasteiger partial charge < -0.3 is 14.9 Å². The summed E-state index contributed by atoms with van der Waals surface area (Å²) in [6.07, 6.45) is 5.87. The van der Waals surface area contributed by atoms with Gasteiger partial charge in [0, 0.05) is 13.5 Å². The molecule has 1 aliphatic carbocycles. The molecule has 2 rings (SSSR count). The Morgan fingerprint density at radius 3 is 2.88 bits per heavy atom. The van der Waals surface area contributed by atoms with Gasteiger partial charge in [-0.3, -0.25) is 0 Å². The van der Waals surface area contributed by atoms with Crippen LogP contribution in [0.25, 0.3) is 0 Å². The Balaban J connectivity index is 1.60. The van der Waals surface area contributed by atoms with E-state index in [1.807, 2.05) is 0 Å². The van der Waals surface area contributed by atoms with Crippen molar-refractivity contribution >= 4 is 0 Å². The molecular formula is C12H21N3O2. The van der Waals surface area contributed by atoms with Crippen molar-refractivity contribution in [1.29, 1.82) is 0 Å². The molecule has 5 nitrogen and oxygen atoms in total. The highest BCUT2D eigenvalue weighted by molar-refractivity contribution is 4.83. The maximum absolute atomic E-state index is 9.87. The Morgan fingerprint density at radius 2 is 2.24 bits per heavy atom. The SMILES string of the molecule is Cc1nc(CNCC(O)CC2CCCC2)no1. The number of aromatic nitrogens is 2. The van der Waals surface area contributed by atoms with Gasteiger partial charge in [-0.15, -0.1) is 0 Å². The molecule has 5 heteroatoms. The number of aryl methyl sites for hydroxylation is 1. The van der Waals surface area contributed by atoms with E-state index < -0.39 is 0 Å². The summed E-state index contributed by atoms with van der Waals surface area (Å²) in [5.74, 6) is 1.95. The molecule has 0 aromatic carbocycles. The lowest BCUT2D eigenvalue weighted by Crippen LogP contribution is -2.28. The molecule has 1 saturated carbocycles. The Bertz CT molecular complexity index is 334. The third-order valence-corrected chi connectivity index (χ3v) is 3.31. The highest BCUT2D eigenvalue weighted by Crippen LogP contribution is 2.28. The number of aliphatic hydroxyl groups excluding tert-OH is 1. The fourth-order valence-electron chi connectivity index (χ4n) is 2.48. The Kier molecular flexibility index (Phi) is 4.50. The standard InChI is InChI=1S/C12H21N3O2/c1-9-14-12(15-17-9)8-13-7-11(16)6-10-4-2-3-5-10/h10-11,13,16H,2-8H2,1H3. The van der Waals surface area contributed by atoms with Crippen molar-refractivity contribution < 1.29 is 9.63 Å². The molecule has 2 N–H and O–H groups in total. The van der Waals surface area contributed by atoms with Crippen molar-refractivity contribution in [3.05, 3.63) is 11.7 Å². The summed E-state index contributed by atoms with van der Waals surface area (Å²) in [5.41, 5.74) is 0. The van der Waals surface area contributed by atoms with Crippen LogP contribution in [0.15, 0.2) is 4.52 Å². The third-order valence-electron chi connectivity index (χ3n) is 3.31. The Labute approximate surface area is 102 Å². The summed E-state index contributed by atoms with van der Waals surface area (Å²) >= 11 is 0. The minimum Gasteiger partial charge on any atom is -0.392 e. The van der Waals surface area contributed by atoms with Gasteiger partial charge in [0.25, 0.3) is 0 Å². The van der Waals surface area contributed by atoms with Crippen molar-refractivity contribution in [3.63, 3.8) is 0 Å². The minimum absolute atomic E-state index is 0.258. The summed E-state index contributed by atoms with van der Waals surface area (Å²) < 4.78 is 4.87. The predicted molar refractivity (Wildman–Crippen MR) is 63.3 cm³/mol. The average Bonchev–Trinajstić information content (AvgIpc) is 2.90. The quantitative estimate of drug-likeness (QED) is 0.785. The van der Waals surface area contributed by atoms with Gasteiger partial charge in [-0.25, -0.2) is 0 Å². The first kappa shape index (κ1) is 12.5. The lowest BCUT2D eigenvalue weighted by atomic mass is 10.0. The summed E-state index contributed by atoms with van der Waals surface area (Å²) in [6.45, 7) is 2.93. The first-order chi connectivity index (χ1) is 8.24. The zero-order valence-electron chi connectivity index (χ0n) is 10.4. The highest BCUT2D eigenvalue weighted by Gasteiger charge is 2.18. The largest absolute Gasteiger partial charge is 0.392 e. The van der Waals surface area contributed by atoms with Crippen LogP contribution in [-0.2, 0) is 6.54 Å². The summed E-state index contributed by atoms with van der Waals surface area (Å²) in [6, 6.07) is 0. The van der Waals surface area contributed by atoms with E-state index in [9.17, 15) is 5.11 Å². The number of aliphatic hydroxyl groups is 1. The Morgan fingerprint density at radius 1 is 1.47 bits per heavy atom. The van der Waals surface area contributed by atoms with E-state index in [0.717, 1.165) is 12.3 Å². The van der Waals surface area contributed by atoms with E-state index in [1.54, 1.807) is 6.92 Å². The number of hydrogen-bond acceptors (Lipinski definition) is 5. The molecular weight excluding hydrogens is 218 g/mol. The Hall–Kier alpha value is -0.940. The topological polar surface area (TPSA) is 71.2 Å². The van der Waals surface area contributed by atoms with Crippen molar-refractivity contribution in [2.75, 3.05) is 6.54 Å². The van der Waals surface area contributed by atoms with E-state index in [2.05, 4.69) is 15.5 Å². The molecule has 0 bridgehead atoms. The van der Waals surface area contributed by atoms with Crippen LogP contribution in [0.4, 0.5) is 0 Å². The molecule has 1 aliphatic rings. The highest BCUT2D eigenvalue weighted by atomic mass is 16.5. The molecule has 17 heavy (non-hydrogen) atoms. The van der Waals surface area contributed by atoms with Crippen molar-refractivity contribution in [3.8, 4) is 0 Å². The van der Waals surface area contributed by atoms with Crippen LogP contribution in [0.5, 0.6) is 0 Å². The summed E-state index contributed by atoms with van der Waals surface area (Å²) in [7, 11) is 0. The molecule has 0 saturated heterocycles. The molecule has 1 aromatic heterocycles. The van der Waals surface area contributed by atoms with Gasteiger partial charge in [0.15, 0.2) is 5.82 Å². The van der Waals surface area contributed by atoms with Gasteiger partial charge in [-0.1, -0.05) is 30.8 Å². The molecule has 1 heterocycles. The van der Waals surface area contributed by atoms with Gasteiger partial charge in [-0.2, -0.15) is 4.98 Å². The maximum Gasteiger partial charge on any atom is 0.223 e. The van der Waals surface area contributed by atoms with Crippen LogP contribution in [0.3, 0.4) is 0 Å². The number of hydrogen-bond donors (Lipinski definition) is 2. The second kappa shape index (κ2) is 6.12. The zero-order valence-corrected chi connectivity index (χ0v) is 10.4. The number of rotatable bonds is 6. The van der Waals surface area contributed by atoms with Crippen LogP contribution >= 0.6 is 0 Å². The third kappa shape index (κ3) is 4.09. The summed E-state index contributed by atoms with van der Waals surface area (Å²) in [5, 5.41) is 16.8. The molecule has 1 aromatic rings. The lowest BCUT2D eigenvalue weighted by molar-refractivity contribution is 0.140. The zero-order chi connectivity index (χ0) is 12.1. The van der Waals surface area contributed by atoms with Gasteiger partial charge in [-0.05, 0) is 12.3 Å². The summed E-state index contributed by atoms with van der Waals surface area (Å²) in [4.78, 5) is 4.09. The molecule has 0 radical (unpaired) electrons. The molecule has 0 aliphatic heterocycles. The van der Waals surface area contributed by atoms with Gasteiger partial charge in [0.2, 0.25) is 5.89 Å². The first-order valence-corrected chi connectivity index (χ1v) is 6.42. The van der Waals surface area contributed by atoms with Crippen LogP contribution in [-0.4, -0.2) is 27.9 Å². The molecule has 0 spiro atoms. The fraction of sp³-hybridized carbons (Fsp3) is 0.833. The van der Waals surface area contributed by atoms with Crippen LogP contribution < -0.4 is 5.32 Å². The molecule has 96 valence electrons. The van der Waals surface area contributed by atoms with Gasteiger partial charge in [0.05, 0.1) is 12.6 Å². The van der Waals surface area contributed by atoms with E-state index in [4.69, 9.17) is 4.52 Å².